The van der Waals surface area contributed by atoms with Crippen molar-refractivity contribution in [1.82, 2.24) is 0 Å². The molecule has 4 aromatic rings. The van der Waals surface area contributed by atoms with Crippen molar-refractivity contribution in [2.45, 2.75) is 26.9 Å². The zero-order chi connectivity index (χ0) is 29.5. The highest BCUT2D eigenvalue weighted by Crippen LogP contribution is 2.39. The van der Waals surface area contributed by atoms with Crippen molar-refractivity contribution in [3.8, 4) is 17.2 Å². The van der Waals surface area contributed by atoms with Crippen molar-refractivity contribution >= 4 is 28.3 Å². The highest BCUT2D eigenvalue weighted by Gasteiger charge is 2.40. The van der Waals surface area contributed by atoms with E-state index in [1.54, 1.807) is 26.0 Å². The van der Waals surface area contributed by atoms with Crippen LogP contribution in [0.2, 0.25) is 0 Å². The third-order valence-corrected chi connectivity index (χ3v) is 5.83. The summed E-state index contributed by atoms with van der Waals surface area (Å²) in [4.78, 5) is 46.5. The van der Waals surface area contributed by atoms with Crippen molar-refractivity contribution < 1.29 is 41.7 Å². The summed E-state index contributed by atoms with van der Waals surface area (Å²) in [6.45, 7) is 4.41. The van der Waals surface area contributed by atoms with E-state index in [9.17, 15) is 43.0 Å². The number of benzene rings is 3. The summed E-state index contributed by atoms with van der Waals surface area (Å²) in [5.41, 5.74) is -2.87. The van der Waals surface area contributed by atoms with E-state index >= 15 is 0 Å². The molecule has 0 amide bonds. The summed E-state index contributed by atoms with van der Waals surface area (Å²) in [5.74, 6) is -4.47. The van der Waals surface area contributed by atoms with Crippen LogP contribution in [0.25, 0.3) is 11.0 Å². The topological polar surface area (TPSA) is 152 Å². The van der Waals surface area contributed by atoms with Crippen LogP contribution >= 0.6 is 0 Å². The summed E-state index contributed by atoms with van der Waals surface area (Å²) in [5, 5.41) is 22.2. The molecule has 0 aliphatic carbocycles. The van der Waals surface area contributed by atoms with Gasteiger partial charge in [0.2, 0.25) is 11.2 Å². The summed E-state index contributed by atoms with van der Waals surface area (Å²) in [7, 11) is 0. The number of nitro benzene ring substituents is 2. The molecule has 4 rings (SSSR count). The fourth-order valence-electron chi connectivity index (χ4n) is 3.77. The van der Waals surface area contributed by atoms with Gasteiger partial charge in [-0.2, -0.15) is 13.2 Å². The lowest BCUT2D eigenvalue weighted by Crippen LogP contribution is -2.16. The second-order valence-corrected chi connectivity index (χ2v) is 8.66. The minimum Gasteiger partial charge on any atom is -0.449 e. The van der Waals surface area contributed by atoms with Crippen LogP contribution in [0, 0.1) is 41.0 Å². The molecule has 0 bridgehead atoms. The molecule has 0 radical (unpaired) electrons. The van der Waals surface area contributed by atoms with Crippen LogP contribution in [0.1, 0.15) is 32.8 Å². The Kier molecular flexibility index (Phi) is 7.03. The first-order chi connectivity index (χ1) is 18.7. The molecule has 0 fully saturated rings. The Labute approximate surface area is 221 Å². The maximum atomic E-state index is 13.9. The van der Waals surface area contributed by atoms with E-state index in [1.807, 2.05) is 0 Å². The lowest BCUT2D eigenvalue weighted by atomic mass is 10.1. The molecule has 0 aliphatic rings. The van der Waals surface area contributed by atoms with Crippen LogP contribution in [0.3, 0.4) is 0 Å². The van der Waals surface area contributed by atoms with Crippen LogP contribution in [-0.2, 0) is 6.18 Å². The first-order valence-electron chi connectivity index (χ1n) is 11.3. The van der Waals surface area contributed by atoms with Gasteiger partial charge in [0.05, 0.1) is 20.8 Å². The third-order valence-electron chi connectivity index (χ3n) is 5.83. The molecule has 0 aliphatic heterocycles. The molecule has 0 saturated carbocycles. The SMILES string of the molecule is Cc1ccc(C)c(Oc2c(C(F)(F)F)oc3cc(OC(=O)c4cc([N+](=O)[O-])c(C)c([N+](=O)[O-])c4)ccc3c2=O)c1. The molecular weight excluding hydrogens is 541 g/mol. The van der Waals surface area contributed by atoms with E-state index in [0.717, 1.165) is 37.3 Å². The van der Waals surface area contributed by atoms with Crippen molar-refractivity contribution in [3.63, 3.8) is 0 Å². The second kappa shape index (κ2) is 10.1. The van der Waals surface area contributed by atoms with Crippen LogP contribution in [0.5, 0.6) is 17.2 Å². The molecule has 40 heavy (non-hydrogen) atoms. The van der Waals surface area contributed by atoms with Gasteiger partial charge in [-0.15, -0.1) is 0 Å². The molecule has 14 heteroatoms. The van der Waals surface area contributed by atoms with Crippen molar-refractivity contribution in [1.29, 1.82) is 0 Å². The average molecular weight is 558 g/mol. The minimum atomic E-state index is -5.15. The first kappa shape index (κ1) is 27.8. The second-order valence-electron chi connectivity index (χ2n) is 8.66. The number of alkyl halides is 3. The summed E-state index contributed by atoms with van der Waals surface area (Å²) in [6, 6.07) is 9.27. The van der Waals surface area contributed by atoms with Gasteiger partial charge in [0.15, 0.2) is 0 Å². The number of aryl methyl sites for hydroxylation is 2. The molecule has 11 nitrogen and oxygen atoms in total. The number of carbonyl (C=O) groups excluding carboxylic acids is 1. The summed E-state index contributed by atoms with van der Waals surface area (Å²) in [6.07, 6.45) is -5.15. The predicted molar refractivity (Wildman–Crippen MR) is 133 cm³/mol. The highest BCUT2D eigenvalue weighted by atomic mass is 19.4. The molecule has 1 aromatic heterocycles. The zero-order valence-corrected chi connectivity index (χ0v) is 20.8. The number of halogens is 3. The molecule has 3 aromatic carbocycles. The van der Waals surface area contributed by atoms with Crippen molar-refractivity contribution in [2.24, 2.45) is 0 Å². The number of esters is 1. The predicted octanol–water partition coefficient (Wildman–Crippen LogP) is 6.56. The third kappa shape index (κ3) is 5.32. The van der Waals surface area contributed by atoms with E-state index in [1.165, 1.54) is 6.07 Å². The van der Waals surface area contributed by atoms with Gasteiger partial charge < -0.3 is 13.9 Å². The molecule has 1 heterocycles. The Morgan fingerprint density at radius 3 is 2.12 bits per heavy atom. The Bertz CT molecular complexity index is 1740. The Morgan fingerprint density at radius 1 is 0.925 bits per heavy atom. The maximum Gasteiger partial charge on any atom is 0.453 e. The zero-order valence-electron chi connectivity index (χ0n) is 20.8. The molecule has 0 unspecified atom stereocenters. The molecular formula is C26H17F3N2O9. The first-order valence-corrected chi connectivity index (χ1v) is 11.3. The van der Waals surface area contributed by atoms with Gasteiger partial charge in [-0.3, -0.25) is 25.0 Å². The largest absolute Gasteiger partial charge is 0.453 e. The summed E-state index contributed by atoms with van der Waals surface area (Å²) < 4.78 is 57.2. The van der Waals surface area contributed by atoms with Gasteiger partial charge in [-0.25, -0.2) is 4.79 Å². The van der Waals surface area contributed by atoms with Gasteiger partial charge in [0.1, 0.15) is 22.6 Å². The number of hydrogen-bond donors (Lipinski definition) is 0. The molecule has 0 saturated heterocycles. The fourth-order valence-corrected chi connectivity index (χ4v) is 3.77. The Hall–Kier alpha value is -5.27. The Balaban J connectivity index is 1.77. The van der Waals surface area contributed by atoms with Crippen LogP contribution in [-0.4, -0.2) is 15.8 Å². The molecule has 0 N–H and O–H groups in total. The molecule has 206 valence electrons. The molecule has 0 spiro atoms. The minimum absolute atomic E-state index is 0.0176. The van der Waals surface area contributed by atoms with Crippen LogP contribution in [0.15, 0.2) is 57.7 Å². The van der Waals surface area contributed by atoms with E-state index in [0.29, 0.717) is 11.1 Å². The van der Waals surface area contributed by atoms with Gasteiger partial charge in [0, 0.05) is 18.2 Å². The van der Waals surface area contributed by atoms with E-state index in [-0.39, 0.29) is 16.7 Å². The number of ether oxygens (including phenoxy) is 2. The number of fused-ring (bicyclic) bond motifs is 1. The lowest BCUT2D eigenvalue weighted by molar-refractivity contribution is -0.395. The van der Waals surface area contributed by atoms with Crippen LogP contribution < -0.4 is 14.9 Å². The van der Waals surface area contributed by atoms with Crippen molar-refractivity contribution in [3.05, 3.63) is 107 Å². The number of nitrogens with zero attached hydrogens (tertiary/aromatic N) is 2. The highest BCUT2D eigenvalue weighted by molar-refractivity contribution is 5.93. The van der Waals surface area contributed by atoms with Gasteiger partial charge in [-0.1, -0.05) is 12.1 Å². The van der Waals surface area contributed by atoms with Gasteiger partial charge >= 0.3 is 12.1 Å². The lowest BCUT2D eigenvalue weighted by Gasteiger charge is -2.15. The van der Waals surface area contributed by atoms with E-state index in [2.05, 4.69) is 0 Å². The standard InChI is InChI=1S/C26H17F3N2O9/c1-12-4-5-13(2)20(8-12)39-23-22(32)17-7-6-16(11-21(17)40-24(23)26(27,28)29)38-25(33)15-9-18(30(34)35)14(3)19(10-15)31(36)37/h4-11H,1-3H3. The van der Waals surface area contributed by atoms with Crippen LogP contribution in [0.4, 0.5) is 24.5 Å². The van der Waals surface area contributed by atoms with Gasteiger partial charge in [0.25, 0.3) is 17.1 Å². The number of rotatable bonds is 6. The quantitative estimate of drug-likeness (QED) is 0.111. The average Bonchev–Trinajstić information content (AvgIpc) is 2.86. The normalized spacial score (nSPS) is 11.3. The van der Waals surface area contributed by atoms with E-state index in [4.69, 9.17) is 13.9 Å². The number of carbonyl (C=O) groups is 1. The smallest absolute Gasteiger partial charge is 0.449 e. The van der Waals surface area contributed by atoms with Gasteiger partial charge in [-0.05, 0) is 50.1 Å². The van der Waals surface area contributed by atoms with E-state index < -0.39 is 67.2 Å². The fraction of sp³-hybridized carbons (Fsp3) is 0.154. The Morgan fingerprint density at radius 2 is 1.55 bits per heavy atom. The summed E-state index contributed by atoms with van der Waals surface area (Å²) >= 11 is 0. The number of hydrogen-bond acceptors (Lipinski definition) is 9. The molecule has 0 atom stereocenters. The number of nitro groups is 2. The monoisotopic (exact) mass is 558 g/mol. The maximum absolute atomic E-state index is 13.9. The van der Waals surface area contributed by atoms with Crippen molar-refractivity contribution in [2.75, 3.05) is 0 Å².